The fraction of sp³-hybridized carbons (Fsp3) is 0.688. The van der Waals surface area contributed by atoms with Crippen molar-refractivity contribution in [3.05, 3.63) is 122 Å². The number of unbranched alkanes of at least 4 members (excludes halogenated alkanes) is 23. The molecule has 0 fully saturated rings. The molecule has 0 amide bonds. The predicted octanol–water partition coefficient (Wildman–Crippen LogP) is 20.8. The molecule has 0 aliphatic rings. The molecule has 0 bridgehead atoms. The molecule has 0 rings (SSSR count). The normalized spacial score (nSPS) is 14.7. The molecule has 550 valence electrons. The van der Waals surface area contributed by atoms with Crippen molar-refractivity contribution in [2.75, 3.05) is 39.6 Å². The van der Waals surface area contributed by atoms with Gasteiger partial charge in [-0.1, -0.05) is 271 Å². The average molecular weight is 1390 g/mol. The van der Waals surface area contributed by atoms with Crippen LogP contribution in [-0.2, 0) is 65.4 Å². The van der Waals surface area contributed by atoms with Crippen LogP contribution in [0.15, 0.2) is 122 Å². The lowest BCUT2D eigenvalue weighted by Gasteiger charge is -2.21. The summed E-state index contributed by atoms with van der Waals surface area (Å²) in [5.41, 5.74) is 0. The lowest BCUT2D eigenvalue weighted by Crippen LogP contribution is -2.30. The quantitative estimate of drug-likeness (QED) is 0.0169. The Hall–Kier alpha value is -4.54. The molecule has 0 heterocycles. The summed E-state index contributed by atoms with van der Waals surface area (Å²) in [6, 6.07) is 0. The van der Waals surface area contributed by atoms with E-state index >= 15 is 0 Å². The van der Waals surface area contributed by atoms with E-state index in [2.05, 4.69) is 125 Å². The first-order valence-corrected chi connectivity index (χ1v) is 39.8. The fourth-order valence-electron chi connectivity index (χ4n) is 9.41. The molecule has 0 spiro atoms. The van der Waals surface area contributed by atoms with Crippen LogP contribution in [0.4, 0.5) is 0 Å². The minimum Gasteiger partial charge on any atom is -0.462 e. The lowest BCUT2D eigenvalue weighted by atomic mass is 10.1. The minimum atomic E-state index is -5.00. The van der Waals surface area contributed by atoms with Gasteiger partial charge in [-0.15, -0.1) is 0 Å². The van der Waals surface area contributed by atoms with Gasteiger partial charge in [-0.05, 0) is 109 Å². The van der Waals surface area contributed by atoms with Crippen LogP contribution >= 0.6 is 15.6 Å². The first-order chi connectivity index (χ1) is 46.7. The van der Waals surface area contributed by atoms with Gasteiger partial charge >= 0.3 is 39.5 Å². The van der Waals surface area contributed by atoms with Gasteiger partial charge in [0.2, 0.25) is 0 Å². The molecule has 5 unspecified atom stereocenters. The summed E-state index contributed by atoms with van der Waals surface area (Å²) in [6.07, 6.45) is 73.8. The SMILES string of the molecule is CC/C=C\C/C=C\C/C=C\C/C=C\C/C=C\CC(=O)OC(COC(=O)CCCCCCCCC/C=C\C/C=C\C/C=C\CC)COP(=O)(O)OCC(O)COP(=O)(O)OCC(COC(=O)CCCCCCC/C=C\C/C=C\CCC)OC(=O)CCCCCCCCCCCCC. The summed E-state index contributed by atoms with van der Waals surface area (Å²) in [5.74, 6) is -2.35. The molecule has 19 heteroatoms. The molecule has 0 radical (unpaired) electrons. The molecule has 0 aromatic heterocycles. The van der Waals surface area contributed by atoms with Gasteiger partial charge in [-0.25, -0.2) is 9.13 Å². The molecule has 0 saturated carbocycles. The number of aliphatic hydroxyl groups is 1. The number of hydrogen-bond donors (Lipinski definition) is 3. The highest BCUT2D eigenvalue weighted by atomic mass is 31.2. The predicted molar refractivity (Wildman–Crippen MR) is 390 cm³/mol. The van der Waals surface area contributed by atoms with Gasteiger partial charge in [0.1, 0.15) is 19.3 Å². The number of carbonyl (C=O) groups is 4. The van der Waals surface area contributed by atoms with Gasteiger partial charge in [-0.3, -0.25) is 37.3 Å². The molecule has 0 saturated heterocycles. The molecule has 0 aromatic carbocycles. The van der Waals surface area contributed by atoms with E-state index in [0.29, 0.717) is 25.7 Å². The van der Waals surface area contributed by atoms with Crippen LogP contribution in [-0.4, -0.2) is 96.7 Å². The van der Waals surface area contributed by atoms with Crippen molar-refractivity contribution >= 4 is 39.5 Å². The molecule has 0 aliphatic heterocycles. The van der Waals surface area contributed by atoms with E-state index in [9.17, 15) is 43.2 Å². The maximum atomic E-state index is 13.0. The number of aliphatic hydroxyl groups excluding tert-OH is 1. The van der Waals surface area contributed by atoms with Crippen molar-refractivity contribution in [3.63, 3.8) is 0 Å². The van der Waals surface area contributed by atoms with Crippen molar-refractivity contribution in [2.45, 2.75) is 303 Å². The maximum absolute atomic E-state index is 13.0. The number of rotatable bonds is 68. The number of phosphoric acid groups is 2. The third-order valence-corrected chi connectivity index (χ3v) is 16.8. The number of hydrogen-bond acceptors (Lipinski definition) is 15. The minimum absolute atomic E-state index is 0.0902. The Morgan fingerprint density at radius 3 is 0.969 bits per heavy atom. The molecule has 17 nitrogen and oxygen atoms in total. The number of esters is 4. The van der Waals surface area contributed by atoms with E-state index < -0.39 is 97.5 Å². The van der Waals surface area contributed by atoms with E-state index in [0.717, 1.165) is 167 Å². The van der Waals surface area contributed by atoms with Crippen molar-refractivity contribution in [1.82, 2.24) is 0 Å². The number of ether oxygens (including phenoxy) is 4. The van der Waals surface area contributed by atoms with Gasteiger partial charge in [0.05, 0.1) is 32.8 Å². The molecular weight excluding hydrogens is 1260 g/mol. The van der Waals surface area contributed by atoms with Crippen LogP contribution < -0.4 is 0 Å². The maximum Gasteiger partial charge on any atom is 0.472 e. The largest absolute Gasteiger partial charge is 0.472 e. The number of allylic oxidation sites excluding steroid dienone is 19. The lowest BCUT2D eigenvalue weighted by molar-refractivity contribution is -0.161. The molecule has 5 atom stereocenters. The van der Waals surface area contributed by atoms with Crippen molar-refractivity contribution < 1.29 is 80.2 Å². The standard InChI is InChI=1S/C77H130O17P2/c1-5-9-13-17-21-25-29-32-34-35-37-39-43-46-50-54-58-62-75(80)88-68-73(94-77(82)64-60-56-52-48-44-40-36-33-30-26-22-18-14-10-6-2)70-92-96(85,86)90-66-71(78)65-89-95(83,84)91-69-72(93-76(81)63-59-55-51-47-41-28-24-20-16-12-8-4)67-87-74(79)61-57-53-49-45-42-38-31-27-23-19-15-11-7-3/h9-10,13-15,19,21-22,25-27,31-34,36,44,48,56,60,71-73,78H,5-8,11-12,16-18,20,23-24,28-30,35,37-43,45-47,49-55,57-59,61-70H2,1-4H3,(H,83,84)(H,85,86)/b13-9-,14-10-,19-15-,25-21-,26-22-,31-27-,34-32-,36-33-,48-44-,60-56-. The topological polar surface area (TPSA) is 237 Å². The third-order valence-electron chi connectivity index (χ3n) is 14.9. The van der Waals surface area contributed by atoms with Crippen LogP contribution in [0, 0.1) is 0 Å². The summed E-state index contributed by atoms with van der Waals surface area (Å²) in [5, 5.41) is 10.6. The Morgan fingerprint density at radius 2 is 0.604 bits per heavy atom. The highest BCUT2D eigenvalue weighted by molar-refractivity contribution is 7.47. The molecular formula is C77H130O17P2. The van der Waals surface area contributed by atoms with Crippen LogP contribution in [0.25, 0.3) is 0 Å². The smallest absolute Gasteiger partial charge is 0.462 e. The summed E-state index contributed by atoms with van der Waals surface area (Å²) in [6.45, 7) is 4.42. The Kier molecular flexibility index (Phi) is 65.7. The summed E-state index contributed by atoms with van der Waals surface area (Å²) < 4.78 is 68.2. The van der Waals surface area contributed by atoms with E-state index in [-0.39, 0.29) is 25.7 Å². The molecule has 3 N–H and O–H groups in total. The Bertz CT molecular complexity index is 2300. The van der Waals surface area contributed by atoms with E-state index in [1.165, 1.54) is 38.5 Å². The fourth-order valence-corrected chi connectivity index (χ4v) is 11.0. The first kappa shape index (κ1) is 91.5. The van der Waals surface area contributed by atoms with Crippen LogP contribution in [0.5, 0.6) is 0 Å². The average Bonchev–Trinajstić information content (AvgIpc) is 2.14. The van der Waals surface area contributed by atoms with E-state index in [1.807, 2.05) is 12.2 Å². The van der Waals surface area contributed by atoms with Gasteiger partial charge in [0.25, 0.3) is 0 Å². The van der Waals surface area contributed by atoms with Gasteiger partial charge in [0, 0.05) is 19.3 Å². The first-order valence-electron chi connectivity index (χ1n) is 36.8. The Labute approximate surface area is 581 Å². The van der Waals surface area contributed by atoms with E-state index in [1.54, 1.807) is 12.2 Å². The summed E-state index contributed by atoms with van der Waals surface area (Å²) >= 11 is 0. The molecule has 0 aliphatic carbocycles. The molecule has 96 heavy (non-hydrogen) atoms. The third kappa shape index (κ3) is 68.0. The Morgan fingerprint density at radius 1 is 0.312 bits per heavy atom. The van der Waals surface area contributed by atoms with Gasteiger partial charge < -0.3 is 33.8 Å². The van der Waals surface area contributed by atoms with Crippen LogP contribution in [0.2, 0.25) is 0 Å². The van der Waals surface area contributed by atoms with Gasteiger partial charge in [0.15, 0.2) is 12.2 Å². The number of phosphoric ester groups is 2. The molecule has 0 aromatic rings. The monoisotopic (exact) mass is 1390 g/mol. The van der Waals surface area contributed by atoms with Crippen LogP contribution in [0.3, 0.4) is 0 Å². The second-order valence-corrected chi connectivity index (χ2v) is 27.0. The second-order valence-electron chi connectivity index (χ2n) is 24.1. The van der Waals surface area contributed by atoms with Crippen molar-refractivity contribution in [3.8, 4) is 0 Å². The highest BCUT2D eigenvalue weighted by Gasteiger charge is 2.30. The zero-order valence-electron chi connectivity index (χ0n) is 59.8. The van der Waals surface area contributed by atoms with Crippen molar-refractivity contribution in [2.24, 2.45) is 0 Å². The summed E-state index contributed by atoms with van der Waals surface area (Å²) in [7, 11) is -9.98. The zero-order valence-corrected chi connectivity index (χ0v) is 61.5. The van der Waals surface area contributed by atoms with Crippen molar-refractivity contribution in [1.29, 1.82) is 0 Å². The van der Waals surface area contributed by atoms with Crippen LogP contribution in [0.1, 0.15) is 285 Å². The highest BCUT2D eigenvalue weighted by Crippen LogP contribution is 2.45. The second kappa shape index (κ2) is 69.0. The van der Waals surface area contributed by atoms with E-state index in [4.69, 9.17) is 37.0 Å². The zero-order chi connectivity index (χ0) is 70.4. The number of carbonyl (C=O) groups excluding carboxylic acids is 4. The van der Waals surface area contributed by atoms with Gasteiger partial charge in [-0.2, -0.15) is 0 Å². The summed E-state index contributed by atoms with van der Waals surface area (Å²) in [4.78, 5) is 72.6. The Balaban J connectivity index is 5.41.